The molecule has 0 aromatic heterocycles. The Morgan fingerprint density at radius 3 is 2.54 bits per heavy atom. The summed E-state index contributed by atoms with van der Waals surface area (Å²) in [6.45, 7) is 0.726. The van der Waals surface area contributed by atoms with Crippen LogP contribution in [0.1, 0.15) is 25.7 Å². The molecular formula is C17H19ClN2O4. The predicted octanol–water partition coefficient (Wildman–Crippen LogP) is 2.16. The van der Waals surface area contributed by atoms with Gasteiger partial charge in [-0.3, -0.25) is 9.59 Å². The Morgan fingerprint density at radius 1 is 1.17 bits per heavy atom. The second-order valence-corrected chi connectivity index (χ2v) is 6.70. The third-order valence-corrected chi connectivity index (χ3v) is 4.94. The van der Waals surface area contributed by atoms with Crippen LogP contribution in [-0.2, 0) is 14.4 Å². The number of anilines is 1. The van der Waals surface area contributed by atoms with Gasteiger partial charge >= 0.3 is 5.97 Å². The Balaban J connectivity index is 1.73. The first kappa shape index (κ1) is 16.8. The van der Waals surface area contributed by atoms with Gasteiger partial charge in [-0.2, -0.15) is 0 Å². The number of carbonyl (C=O) groups excluding carboxylic acids is 2. The molecule has 2 aliphatic rings. The zero-order valence-corrected chi connectivity index (χ0v) is 13.9. The number of halogens is 1. The number of likely N-dealkylation sites (tertiary alicyclic amines) is 1. The molecule has 2 aliphatic heterocycles. The molecule has 0 aliphatic carbocycles. The van der Waals surface area contributed by atoms with Crippen LogP contribution in [0, 0.1) is 5.92 Å². The number of aliphatic carboxylic acids is 1. The smallest absolute Gasteiger partial charge is 0.326 e. The van der Waals surface area contributed by atoms with Gasteiger partial charge in [0.2, 0.25) is 11.8 Å². The molecule has 0 saturated carbocycles. The van der Waals surface area contributed by atoms with E-state index in [2.05, 4.69) is 0 Å². The fourth-order valence-corrected chi connectivity index (χ4v) is 3.56. The maximum Gasteiger partial charge on any atom is 0.326 e. The summed E-state index contributed by atoms with van der Waals surface area (Å²) in [5.74, 6) is -1.82. The monoisotopic (exact) mass is 350 g/mol. The van der Waals surface area contributed by atoms with Crippen molar-refractivity contribution >= 4 is 35.1 Å². The number of amides is 2. The molecule has 24 heavy (non-hydrogen) atoms. The molecule has 1 N–H and O–H groups in total. The summed E-state index contributed by atoms with van der Waals surface area (Å²) < 4.78 is 0. The molecule has 0 bridgehead atoms. The number of benzene rings is 1. The first-order chi connectivity index (χ1) is 11.5. The molecule has 2 heterocycles. The van der Waals surface area contributed by atoms with Crippen molar-refractivity contribution < 1.29 is 19.5 Å². The highest BCUT2D eigenvalue weighted by molar-refractivity contribution is 6.30. The highest BCUT2D eigenvalue weighted by atomic mass is 35.5. The standard InChI is InChI=1S/C17H19ClN2O4/c18-12-4-6-13(7-5-12)20-10-11(9-15(20)21)16(22)19-8-2-1-3-14(19)17(23)24/h4-7,11,14H,1-3,8-10H2,(H,23,24). The summed E-state index contributed by atoms with van der Waals surface area (Å²) in [5, 5.41) is 9.90. The molecule has 7 heteroatoms. The number of hydrogen-bond donors (Lipinski definition) is 1. The molecule has 6 nitrogen and oxygen atoms in total. The molecule has 2 fully saturated rings. The van der Waals surface area contributed by atoms with E-state index in [1.165, 1.54) is 4.90 Å². The summed E-state index contributed by atoms with van der Waals surface area (Å²) in [7, 11) is 0. The van der Waals surface area contributed by atoms with E-state index >= 15 is 0 Å². The van der Waals surface area contributed by atoms with Crippen molar-refractivity contribution in [2.45, 2.75) is 31.7 Å². The highest BCUT2D eigenvalue weighted by Gasteiger charge is 2.41. The first-order valence-corrected chi connectivity index (χ1v) is 8.44. The third-order valence-electron chi connectivity index (χ3n) is 4.68. The largest absolute Gasteiger partial charge is 0.480 e. The van der Waals surface area contributed by atoms with Crippen molar-refractivity contribution in [3.8, 4) is 0 Å². The van der Waals surface area contributed by atoms with Crippen LogP contribution in [0.25, 0.3) is 0 Å². The number of carbonyl (C=O) groups is 3. The van der Waals surface area contributed by atoms with Crippen molar-refractivity contribution in [3.05, 3.63) is 29.3 Å². The van der Waals surface area contributed by atoms with Crippen LogP contribution in [0.15, 0.2) is 24.3 Å². The van der Waals surface area contributed by atoms with Crippen molar-refractivity contribution in [2.24, 2.45) is 5.92 Å². The number of carboxylic acids is 1. The normalized spacial score (nSPS) is 24.3. The molecule has 0 radical (unpaired) electrons. The molecule has 3 rings (SSSR count). The summed E-state index contributed by atoms with van der Waals surface area (Å²) >= 11 is 5.86. The number of rotatable bonds is 3. The van der Waals surface area contributed by atoms with E-state index in [0.717, 1.165) is 12.8 Å². The Kier molecular flexibility index (Phi) is 4.76. The van der Waals surface area contributed by atoms with Gasteiger partial charge in [-0.05, 0) is 43.5 Å². The number of nitrogens with zero attached hydrogens (tertiary/aromatic N) is 2. The van der Waals surface area contributed by atoms with Crippen LogP contribution in [0.5, 0.6) is 0 Å². The van der Waals surface area contributed by atoms with Gasteiger partial charge in [-0.25, -0.2) is 4.79 Å². The van der Waals surface area contributed by atoms with Gasteiger partial charge in [0, 0.05) is 30.2 Å². The van der Waals surface area contributed by atoms with Crippen LogP contribution >= 0.6 is 11.6 Å². The number of hydrogen-bond acceptors (Lipinski definition) is 3. The Hall–Kier alpha value is -2.08. The lowest BCUT2D eigenvalue weighted by atomic mass is 9.98. The Bertz CT molecular complexity index is 661. The van der Waals surface area contributed by atoms with Crippen LogP contribution in [0.3, 0.4) is 0 Å². The van der Waals surface area contributed by atoms with Crippen LogP contribution < -0.4 is 4.90 Å². The lowest BCUT2D eigenvalue weighted by Gasteiger charge is -2.34. The topological polar surface area (TPSA) is 77.9 Å². The van der Waals surface area contributed by atoms with Crippen molar-refractivity contribution in [2.75, 3.05) is 18.0 Å². The van der Waals surface area contributed by atoms with Crippen LogP contribution in [0.4, 0.5) is 5.69 Å². The van der Waals surface area contributed by atoms with Gasteiger partial charge in [0.25, 0.3) is 0 Å². The van der Waals surface area contributed by atoms with E-state index in [0.29, 0.717) is 23.7 Å². The quantitative estimate of drug-likeness (QED) is 0.906. The van der Waals surface area contributed by atoms with E-state index in [4.69, 9.17) is 11.6 Å². The van der Waals surface area contributed by atoms with Crippen molar-refractivity contribution in [1.82, 2.24) is 4.90 Å². The minimum atomic E-state index is -0.970. The average Bonchev–Trinajstić information content (AvgIpc) is 2.96. The fraction of sp³-hybridized carbons (Fsp3) is 0.471. The molecule has 128 valence electrons. The Morgan fingerprint density at radius 2 is 1.88 bits per heavy atom. The lowest BCUT2D eigenvalue weighted by molar-refractivity contribution is -0.153. The molecular weight excluding hydrogens is 332 g/mol. The SMILES string of the molecule is O=C(O)C1CCCCN1C(=O)C1CC(=O)N(c2ccc(Cl)cc2)C1. The van der Waals surface area contributed by atoms with Crippen molar-refractivity contribution in [1.29, 1.82) is 0 Å². The minimum Gasteiger partial charge on any atom is -0.480 e. The fourth-order valence-electron chi connectivity index (χ4n) is 3.43. The van der Waals surface area contributed by atoms with Crippen LogP contribution in [-0.4, -0.2) is 46.9 Å². The van der Waals surface area contributed by atoms with Gasteiger partial charge in [-0.15, -0.1) is 0 Å². The second kappa shape index (κ2) is 6.81. The van der Waals surface area contributed by atoms with E-state index in [-0.39, 0.29) is 24.8 Å². The highest BCUT2D eigenvalue weighted by Crippen LogP contribution is 2.29. The van der Waals surface area contributed by atoms with Gasteiger partial charge in [0.15, 0.2) is 0 Å². The number of carboxylic acid groups (broad SMARTS) is 1. The average molecular weight is 351 g/mol. The number of piperidine rings is 1. The molecule has 2 saturated heterocycles. The van der Waals surface area contributed by atoms with E-state index in [1.807, 2.05) is 0 Å². The third kappa shape index (κ3) is 3.24. The molecule has 2 unspecified atom stereocenters. The molecule has 1 aromatic rings. The summed E-state index contributed by atoms with van der Waals surface area (Å²) in [4.78, 5) is 39.4. The van der Waals surface area contributed by atoms with Gasteiger partial charge in [-0.1, -0.05) is 11.6 Å². The maximum absolute atomic E-state index is 12.8. The van der Waals surface area contributed by atoms with E-state index < -0.39 is 17.9 Å². The molecule has 2 atom stereocenters. The van der Waals surface area contributed by atoms with Crippen molar-refractivity contribution in [3.63, 3.8) is 0 Å². The van der Waals surface area contributed by atoms with Gasteiger partial charge in [0.05, 0.1) is 5.92 Å². The Labute approximate surface area is 145 Å². The minimum absolute atomic E-state index is 0.115. The molecule has 2 amide bonds. The summed E-state index contributed by atoms with van der Waals surface area (Å²) in [5.41, 5.74) is 0.702. The molecule has 1 aromatic carbocycles. The van der Waals surface area contributed by atoms with E-state index in [9.17, 15) is 19.5 Å². The summed E-state index contributed by atoms with van der Waals surface area (Å²) in [6.07, 6.45) is 2.20. The zero-order chi connectivity index (χ0) is 17.3. The predicted molar refractivity (Wildman–Crippen MR) is 88.9 cm³/mol. The van der Waals surface area contributed by atoms with E-state index in [1.54, 1.807) is 29.2 Å². The summed E-state index contributed by atoms with van der Waals surface area (Å²) in [6, 6.07) is 6.11. The second-order valence-electron chi connectivity index (χ2n) is 6.26. The van der Waals surface area contributed by atoms with Crippen LogP contribution in [0.2, 0.25) is 5.02 Å². The lowest BCUT2D eigenvalue weighted by Crippen LogP contribution is -2.50. The van der Waals surface area contributed by atoms with Gasteiger partial charge in [0.1, 0.15) is 6.04 Å². The zero-order valence-electron chi connectivity index (χ0n) is 13.2. The first-order valence-electron chi connectivity index (χ1n) is 8.06. The maximum atomic E-state index is 12.8. The molecule has 0 spiro atoms. The van der Waals surface area contributed by atoms with Gasteiger partial charge < -0.3 is 14.9 Å².